The van der Waals surface area contributed by atoms with Crippen LogP contribution in [0, 0.1) is 17.3 Å². The van der Waals surface area contributed by atoms with Crippen LogP contribution >= 0.6 is 0 Å². The summed E-state index contributed by atoms with van der Waals surface area (Å²) in [5.41, 5.74) is -0.889. The number of aliphatic carboxylic acids is 1. The molecule has 5 nitrogen and oxygen atoms in total. The van der Waals surface area contributed by atoms with Crippen molar-refractivity contribution in [2.45, 2.75) is 40.0 Å². The number of amides is 2. The molecular weight excluding hydrogens is 232 g/mol. The van der Waals surface area contributed by atoms with Crippen LogP contribution < -0.4 is 10.6 Å². The van der Waals surface area contributed by atoms with Gasteiger partial charge in [0.1, 0.15) is 0 Å². The molecule has 0 spiro atoms. The first kappa shape index (κ1) is 14.8. The molecule has 5 heteroatoms. The predicted octanol–water partition coefficient (Wildman–Crippen LogP) is 1.83. The van der Waals surface area contributed by atoms with Crippen LogP contribution in [0.3, 0.4) is 0 Å². The van der Waals surface area contributed by atoms with Crippen LogP contribution in [-0.2, 0) is 4.79 Å². The van der Waals surface area contributed by atoms with Crippen molar-refractivity contribution in [1.82, 2.24) is 10.6 Å². The van der Waals surface area contributed by atoms with E-state index in [0.717, 1.165) is 5.92 Å². The quantitative estimate of drug-likeness (QED) is 0.650. The first-order chi connectivity index (χ1) is 8.39. The Bertz CT molecular complexity index is 315. The second-order valence-corrected chi connectivity index (χ2v) is 5.60. The third-order valence-corrected chi connectivity index (χ3v) is 3.95. The lowest BCUT2D eigenvalue weighted by Crippen LogP contribution is -2.45. The van der Waals surface area contributed by atoms with Crippen molar-refractivity contribution in [3.05, 3.63) is 0 Å². The molecule has 18 heavy (non-hydrogen) atoms. The van der Waals surface area contributed by atoms with Gasteiger partial charge >= 0.3 is 12.0 Å². The smallest absolute Gasteiger partial charge is 0.314 e. The summed E-state index contributed by atoms with van der Waals surface area (Å²) in [5, 5.41) is 14.5. The van der Waals surface area contributed by atoms with Crippen LogP contribution in [0.5, 0.6) is 0 Å². The third kappa shape index (κ3) is 4.20. The van der Waals surface area contributed by atoms with Crippen LogP contribution in [0.1, 0.15) is 40.0 Å². The molecule has 2 unspecified atom stereocenters. The predicted molar refractivity (Wildman–Crippen MR) is 69.3 cm³/mol. The van der Waals surface area contributed by atoms with Crippen LogP contribution in [0.2, 0.25) is 0 Å². The van der Waals surface area contributed by atoms with E-state index in [0.29, 0.717) is 18.9 Å². The zero-order valence-corrected chi connectivity index (χ0v) is 11.5. The highest BCUT2D eigenvalue weighted by atomic mass is 16.4. The molecule has 0 aromatic heterocycles. The van der Waals surface area contributed by atoms with Gasteiger partial charge in [-0.25, -0.2) is 4.79 Å². The molecule has 1 saturated carbocycles. The fourth-order valence-corrected chi connectivity index (χ4v) is 1.78. The van der Waals surface area contributed by atoms with Crippen molar-refractivity contribution < 1.29 is 14.7 Å². The highest BCUT2D eigenvalue weighted by Crippen LogP contribution is 2.36. The van der Waals surface area contributed by atoms with Crippen molar-refractivity contribution in [2.24, 2.45) is 17.3 Å². The summed E-state index contributed by atoms with van der Waals surface area (Å²) in [4.78, 5) is 22.6. The molecule has 0 aromatic carbocycles. The van der Waals surface area contributed by atoms with Gasteiger partial charge in [-0.3, -0.25) is 4.79 Å². The Morgan fingerprint density at radius 3 is 2.44 bits per heavy atom. The van der Waals surface area contributed by atoms with Crippen LogP contribution in [0.15, 0.2) is 0 Å². The zero-order valence-electron chi connectivity index (χ0n) is 11.5. The number of hydrogen-bond acceptors (Lipinski definition) is 2. The lowest BCUT2D eigenvalue weighted by Gasteiger charge is -2.23. The van der Waals surface area contributed by atoms with E-state index in [9.17, 15) is 9.59 Å². The molecule has 0 bridgehead atoms. The normalized spacial score (nSPS) is 19.7. The molecule has 3 N–H and O–H groups in total. The van der Waals surface area contributed by atoms with E-state index in [4.69, 9.17) is 5.11 Å². The Labute approximate surface area is 108 Å². The number of carbonyl (C=O) groups is 2. The van der Waals surface area contributed by atoms with E-state index < -0.39 is 11.4 Å². The summed E-state index contributed by atoms with van der Waals surface area (Å²) in [6, 6.07) is -0.275. The molecule has 1 aliphatic rings. The minimum absolute atomic E-state index is 0.155. The Morgan fingerprint density at radius 1 is 1.39 bits per heavy atom. The molecule has 0 aliphatic heterocycles. The lowest BCUT2D eigenvalue weighted by molar-refractivity contribution is -0.147. The maximum atomic E-state index is 11.6. The maximum absolute atomic E-state index is 11.6. The molecule has 2 atom stereocenters. The lowest BCUT2D eigenvalue weighted by atomic mass is 9.88. The second-order valence-electron chi connectivity index (χ2n) is 5.60. The monoisotopic (exact) mass is 256 g/mol. The van der Waals surface area contributed by atoms with Gasteiger partial charge in [0.2, 0.25) is 0 Å². The summed E-state index contributed by atoms with van der Waals surface area (Å²) in [5.74, 6) is 0.384. The molecule has 104 valence electrons. The van der Waals surface area contributed by atoms with Gasteiger partial charge in [0.15, 0.2) is 0 Å². The second kappa shape index (κ2) is 6.07. The van der Waals surface area contributed by atoms with Crippen molar-refractivity contribution in [2.75, 3.05) is 13.1 Å². The first-order valence-electron chi connectivity index (χ1n) is 6.64. The minimum Gasteiger partial charge on any atom is -0.481 e. The van der Waals surface area contributed by atoms with E-state index >= 15 is 0 Å². The summed E-state index contributed by atoms with van der Waals surface area (Å²) in [6.45, 7) is 6.39. The molecule has 0 heterocycles. The largest absolute Gasteiger partial charge is 0.481 e. The molecule has 1 aliphatic carbocycles. The molecule has 1 fully saturated rings. The number of rotatable bonds is 7. The number of nitrogens with one attached hydrogen (secondary N) is 2. The molecular formula is C13H24N2O3. The van der Waals surface area contributed by atoms with Crippen LogP contribution in [-0.4, -0.2) is 30.2 Å². The van der Waals surface area contributed by atoms with E-state index in [-0.39, 0.29) is 12.6 Å². The highest BCUT2D eigenvalue weighted by molar-refractivity contribution is 5.77. The van der Waals surface area contributed by atoms with Gasteiger partial charge in [0.25, 0.3) is 0 Å². The molecule has 1 rings (SSSR count). The Balaban J connectivity index is 2.25. The summed E-state index contributed by atoms with van der Waals surface area (Å²) >= 11 is 0. The van der Waals surface area contributed by atoms with Gasteiger partial charge in [-0.15, -0.1) is 0 Å². The Hall–Kier alpha value is -1.26. The number of carbonyl (C=O) groups excluding carboxylic acids is 1. The van der Waals surface area contributed by atoms with Crippen molar-refractivity contribution in [1.29, 1.82) is 0 Å². The summed E-state index contributed by atoms with van der Waals surface area (Å²) < 4.78 is 0. The van der Waals surface area contributed by atoms with Gasteiger partial charge in [-0.05, 0) is 38.0 Å². The summed E-state index contributed by atoms with van der Waals surface area (Å²) in [6.07, 6.45) is 3.01. The van der Waals surface area contributed by atoms with Gasteiger partial charge in [-0.2, -0.15) is 0 Å². The van der Waals surface area contributed by atoms with E-state index in [1.165, 1.54) is 12.8 Å². The average molecular weight is 256 g/mol. The molecule has 0 saturated heterocycles. The standard InChI is InChI=1S/C13H24N2O3/c1-4-13(3,11(16)17)8-15-12(18)14-7-9(2)10-5-6-10/h9-10H,4-8H2,1-3H3,(H,16,17)(H2,14,15,18). The van der Waals surface area contributed by atoms with Gasteiger partial charge in [-0.1, -0.05) is 13.8 Å². The average Bonchev–Trinajstić information content (AvgIpc) is 3.16. The van der Waals surface area contributed by atoms with E-state index in [2.05, 4.69) is 17.6 Å². The van der Waals surface area contributed by atoms with Crippen LogP contribution in [0.25, 0.3) is 0 Å². The van der Waals surface area contributed by atoms with Crippen molar-refractivity contribution in [3.8, 4) is 0 Å². The maximum Gasteiger partial charge on any atom is 0.314 e. The van der Waals surface area contributed by atoms with Crippen LogP contribution in [0.4, 0.5) is 4.79 Å². The molecule has 2 amide bonds. The SMILES string of the molecule is CCC(C)(CNC(=O)NCC(C)C1CC1)C(=O)O. The number of carboxylic acid groups (broad SMARTS) is 1. The summed E-state index contributed by atoms with van der Waals surface area (Å²) in [7, 11) is 0. The topological polar surface area (TPSA) is 78.4 Å². The van der Waals surface area contributed by atoms with Crippen molar-refractivity contribution in [3.63, 3.8) is 0 Å². The van der Waals surface area contributed by atoms with Crippen molar-refractivity contribution >= 4 is 12.0 Å². The van der Waals surface area contributed by atoms with E-state index in [1.54, 1.807) is 6.92 Å². The molecule has 0 aromatic rings. The fraction of sp³-hybridized carbons (Fsp3) is 0.846. The minimum atomic E-state index is -0.889. The highest BCUT2D eigenvalue weighted by Gasteiger charge is 2.32. The third-order valence-electron chi connectivity index (χ3n) is 3.95. The Morgan fingerprint density at radius 2 is 2.00 bits per heavy atom. The zero-order chi connectivity index (χ0) is 13.8. The number of carboxylic acids is 1. The molecule has 0 radical (unpaired) electrons. The number of urea groups is 1. The first-order valence-corrected chi connectivity index (χ1v) is 6.64. The fourth-order valence-electron chi connectivity index (χ4n) is 1.78. The van der Waals surface area contributed by atoms with E-state index in [1.807, 2.05) is 6.92 Å². The van der Waals surface area contributed by atoms with Gasteiger partial charge in [0, 0.05) is 13.1 Å². The van der Waals surface area contributed by atoms with Gasteiger partial charge in [0.05, 0.1) is 5.41 Å². The Kier molecular flexibility index (Phi) is 4.99. The number of hydrogen-bond donors (Lipinski definition) is 3. The van der Waals surface area contributed by atoms with Gasteiger partial charge < -0.3 is 15.7 Å².